The van der Waals surface area contributed by atoms with Crippen molar-refractivity contribution in [2.75, 3.05) is 165 Å². The van der Waals surface area contributed by atoms with E-state index in [9.17, 15) is 8.42 Å². The summed E-state index contributed by atoms with van der Waals surface area (Å²) in [7, 11) is -3.76. The Hall–Kier alpha value is -1.35. The second-order valence-electron chi connectivity index (χ2n) is 11.0. The van der Waals surface area contributed by atoms with Crippen LogP contribution in [0.25, 0.3) is 0 Å². The average molecular weight is 771 g/mol. The molecule has 0 aliphatic carbocycles. The Balaban J connectivity index is 1.64. The van der Waals surface area contributed by atoms with Gasteiger partial charge in [-0.05, 0) is 18.6 Å². The Labute approximate surface area is 312 Å². The molecule has 0 saturated heterocycles. The molecule has 0 spiro atoms. The first kappa shape index (κ1) is 48.7. The molecule has 52 heavy (non-hydrogen) atoms. The maximum Gasteiger partial charge on any atom is 0.297 e. The van der Waals surface area contributed by atoms with E-state index < -0.39 is 10.1 Å². The number of benzene rings is 1. The second-order valence-corrected chi connectivity index (χ2v) is 12.6. The topological polar surface area (TPSA) is 154 Å². The maximum absolute atomic E-state index is 12.0. The van der Waals surface area contributed by atoms with Gasteiger partial charge in [-0.3, -0.25) is 4.18 Å². The monoisotopic (exact) mass is 770 g/mol. The largest absolute Gasteiger partial charge is 0.379 e. The van der Waals surface area contributed by atoms with Crippen LogP contribution in [-0.2, 0) is 71.1 Å². The van der Waals surface area contributed by atoms with Crippen LogP contribution in [0.1, 0.15) is 32.6 Å². The molecule has 16 heteroatoms. The molecule has 1 aromatic carbocycles. The molecule has 306 valence electrons. The summed E-state index contributed by atoms with van der Waals surface area (Å²) in [6.07, 6.45) is 4.87. The highest BCUT2D eigenvalue weighted by molar-refractivity contribution is 7.86. The van der Waals surface area contributed by atoms with E-state index in [2.05, 4.69) is 6.92 Å². The van der Waals surface area contributed by atoms with Crippen LogP contribution >= 0.6 is 0 Å². The lowest BCUT2D eigenvalue weighted by Gasteiger charge is -2.09. The summed E-state index contributed by atoms with van der Waals surface area (Å²) < 4.78 is 94.5. The zero-order valence-electron chi connectivity index (χ0n) is 31.4. The van der Waals surface area contributed by atoms with Crippen molar-refractivity contribution in [1.82, 2.24) is 0 Å². The molecular weight excluding hydrogens is 704 g/mol. The van der Waals surface area contributed by atoms with E-state index in [1.165, 1.54) is 31.4 Å². The fourth-order valence-corrected chi connectivity index (χ4v) is 4.92. The van der Waals surface area contributed by atoms with Gasteiger partial charge in [0.05, 0.1) is 163 Å². The molecule has 0 bridgehead atoms. The lowest BCUT2D eigenvalue weighted by atomic mass is 10.2. The number of hydrogen-bond acceptors (Lipinski definition) is 15. The lowest BCUT2D eigenvalue weighted by molar-refractivity contribution is -0.0285. The predicted octanol–water partition coefficient (Wildman–Crippen LogP) is 3.17. The van der Waals surface area contributed by atoms with Crippen LogP contribution in [0.2, 0.25) is 0 Å². The van der Waals surface area contributed by atoms with Crippen molar-refractivity contribution in [2.45, 2.75) is 37.5 Å². The van der Waals surface area contributed by atoms with Crippen LogP contribution in [0.3, 0.4) is 0 Å². The van der Waals surface area contributed by atoms with E-state index in [0.29, 0.717) is 145 Å². The molecule has 0 amide bonds. The lowest BCUT2D eigenvalue weighted by Crippen LogP contribution is -2.16. The normalized spacial score (nSPS) is 11.9. The third-order valence-electron chi connectivity index (χ3n) is 6.73. The van der Waals surface area contributed by atoms with Gasteiger partial charge in [0.2, 0.25) is 0 Å². The molecule has 0 heterocycles. The Morgan fingerprint density at radius 2 is 0.615 bits per heavy atom. The minimum atomic E-state index is -3.76. The quantitative estimate of drug-likeness (QED) is 0.0705. The van der Waals surface area contributed by atoms with Gasteiger partial charge in [0, 0.05) is 6.61 Å². The maximum atomic E-state index is 12.0. The van der Waals surface area contributed by atoms with E-state index in [0.717, 1.165) is 13.0 Å². The number of hydrogen-bond donors (Lipinski definition) is 0. The zero-order valence-corrected chi connectivity index (χ0v) is 32.2. The molecule has 1 aromatic rings. The van der Waals surface area contributed by atoms with E-state index in [1.54, 1.807) is 18.2 Å². The highest BCUT2D eigenvalue weighted by atomic mass is 32.2. The highest BCUT2D eigenvalue weighted by Gasteiger charge is 2.13. The van der Waals surface area contributed by atoms with Gasteiger partial charge in [-0.25, -0.2) is 0 Å². The van der Waals surface area contributed by atoms with Gasteiger partial charge in [-0.1, -0.05) is 44.4 Å². The van der Waals surface area contributed by atoms with Gasteiger partial charge in [-0.2, -0.15) is 8.42 Å². The fourth-order valence-electron chi connectivity index (χ4n) is 4.01. The van der Waals surface area contributed by atoms with E-state index in [1.807, 2.05) is 0 Å². The first-order chi connectivity index (χ1) is 25.7. The smallest absolute Gasteiger partial charge is 0.297 e. The van der Waals surface area contributed by atoms with Crippen molar-refractivity contribution in [3.63, 3.8) is 0 Å². The second kappa shape index (κ2) is 39.3. The summed E-state index contributed by atoms with van der Waals surface area (Å²) in [6, 6.07) is 7.98. The van der Waals surface area contributed by atoms with Crippen molar-refractivity contribution in [3.05, 3.63) is 30.3 Å². The van der Waals surface area contributed by atoms with Crippen molar-refractivity contribution in [1.29, 1.82) is 0 Å². The van der Waals surface area contributed by atoms with Crippen LogP contribution in [0, 0.1) is 0 Å². The summed E-state index contributed by atoms with van der Waals surface area (Å²) in [5.74, 6) is 0. The van der Waals surface area contributed by atoms with Gasteiger partial charge in [0.1, 0.15) is 0 Å². The molecule has 0 N–H and O–H groups in total. The van der Waals surface area contributed by atoms with Crippen molar-refractivity contribution < 1.29 is 69.4 Å². The minimum absolute atomic E-state index is 0.0591. The molecule has 1 rings (SSSR count). The van der Waals surface area contributed by atoms with Gasteiger partial charge >= 0.3 is 0 Å². The molecule has 0 radical (unpaired) electrons. The third kappa shape index (κ3) is 34.4. The average Bonchev–Trinajstić information content (AvgIpc) is 3.15. The van der Waals surface area contributed by atoms with E-state index in [4.69, 9.17) is 61.0 Å². The van der Waals surface area contributed by atoms with Crippen molar-refractivity contribution in [2.24, 2.45) is 0 Å². The summed E-state index contributed by atoms with van der Waals surface area (Å²) in [6.45, 7) is 13.9. The molecular formula is C36H66O15S. The Bertz CT molecular complexity index is 943. The van der Waals surface area contributed by atoms with E-state index in [-0.39, 0.29) is 18.1 Å². The summed E-state index contributed by atoms with van der Waals surface area (Å²) in [4.78, 5) is 0.120. The van der Waals surface area contributed by atoms with Crippen LogP contribution < -0.4 is 0 Å². The first-order valence-corrected chi connectivity index (χ1v) is 19.9. The molecule has 0 atom stereocenters. The predicted molar refractivity (Wildman–Crippen MR) is 194 cm³/mol. The van der Waals surface area contributed by atoms with Gasteiger partial charge < -0.3 is 56.8 Å². The van der Waals surface area contributed by atoms with Gasteiger partial charge in [0.25, 0.3) is 10.1 Å². The molecule has 0 fully saturated rings. The zero-order chi connectivity index (χ0) is 37.3. The Kier molecular flexibility index (Phi) is 36.8. The molecule has 0 saturated carbocycles. The Morgan fingerprint density at radius 3 is 0.904 bits per heavy atom. The van der Waals surface area contributed by atoms with Gasteiger partial charge in [0.15, 0.2) is 0 Å². The third-order valence-corrected chi connectivity index (χ3v) is 8.06. The molecule has 0 unspecified atom stereocenters. The fraction of sp³-hybridized carbons (Fsp3) is 0.833. The SMILES string of the molecule is CCCCCCOCCOCCOCCOCCOCCOCCOCCOCCOCCOCCOCCOCCOS(=O)(=O)c1ccccc1. The summed E-state index contributed by atoms with van der Waals surface area (Å²) in [5, 5.41) is 0. The molecule has 0 aliphatic heterocycles. The van der Waals surface area contributed by atoms with Crippen LogP contribution in [0.4, 0.5) is 0 Å². The number of rotatable bonds is 43. The van der Waals surface area contributed by atoms with Crippen LogP contribution in [0.15, 0.2) is 35.2 Å². The molecule has 0 aliphatic rings. The molecule has 0 aromatic heterocycles. The number of unbranched alkanes of at least 4 members (excludes halogenated alkanes) is 3. The Morgan fingerprint density at radius 1 is 0.346 bits per heavy atom. The van der Waals surface area contributed by atoms with Crippen LogP contribution in [-0.4, -0.2) is 174 Å². The highest BCUT2D eigenvalue weighted by Crippen LogP contribution is 2.10. The molecule has 15 nitrogen and oxygen atoms in total. The summed E-state index contributed by atoms with van der Waals surface area (Å²) >= 11 is 0. The van der Waals surface area contributed by atoms with Crippen LogP contribution in [0.5, 0.6) is 0 Å². The number of ether oxygens (including phenoxy) is 12. The van der Waals surface area contributed by atoms with Gasteiger partial charge in [-0.15, -0.1) is 0 Å². The van der Waals surface area contributed by atoms with E-state index >= 15 is 0 Å². The first-order valence-electron chi connectivity index (χ1n) is 18.5. The minimum Gasteiger partial charge on any atom is -0.379 e. The van der Waals surface area contributed by atoms with Crippen molar-refractivity contribution in [3.8, 4) is 0 Å². The standard InChI is InChI=1S/C36H66O15S/c1-2-3-4-8-11-39-12-13-40-14-15-41-16-17-42-18-19-43-20-21-44-22-23-45-24-25-46-26-27-47-28-29-48-30-31-49-32-33-50-34-35-51-52(37,38)36-9-6-5-7-10-36/h5-7,9-10H,2-4,8,11-35H2,1H3. The summed E-state index contributed by atoms with van der Waals surface area (Å²) in [5.41, 5.74) is 0. The van der Waals surface area contributed by atoms with Crippen molar-refractivity contribution >= 4 is 10.1 Å².